The largest absolute Gasteiger partial charge is 1.20 e. The topological polar surface area (TPSA) is 116 Å². The van der Waals surface area contributed by atoms with Crippen molar-refractivity contribution in [3.63, 3.8) is 0 Å². The van der Waals surface area contributed by atoms with Gasteiger partial charge in [0, 0.05) is 25.7 Å². The first-order chi connectivity index (χ1) is 9.97. The Labute approximate surface area is 126 Å². The van der Waals surface area contributed by atoms with E-state index in [1.54, 1.807) is 0 Å². The van der Waals surface area contributed by atoms with E-state index in [-0.39, 0.29) is 25.7 Å². The summed E-state index contributed by atoms with van der Waals surface area (Å²) in [5.74, 6) is -2.67. The van der Waals surface area contributed by atoms with Gasteiger partial charge in [0.25, 0.3) is 17.9 Å². The van der Waals surface area contributed by atoms with Gasteiger partial charge in [0.2, 0.25) is 0 Å². The number of rotatable bonds is 6. The molecule has 1 aliphatic rings. The van der Waals surface area contributed by atoms with Crippen LogP contribution in [0.4, 0.5) is 0 Å². The number of carboxylic acid groups (broad SMARTS) is 1. The molecule has 0 amide bonds. The van der Waals surface area contributed by atoms with E-state index in [4.69, 9.17) is 16.5 Å². The van der Waals surface area contributed by atoms with Crippen LogP contribution in [0.3, 0.4) is 0 Å². The van der Waals surface area contributed by atoms with Gasteiger partial charge >= 0.3 is 21.1 Å². The first-order valence-electron chi connectivity index (χ1n) is 6.77. The van der Waals surface area contributed by atoms with E-state index in [0.717, 1.165) is 0 Å². The quantitative estimate of drug-likeness (QED) is 0.565. The monoisotopic (exact) mass is 316 g/mol. The van der Waals surface area contributed by atoms with Crippen LogP contribution in [0.5, 0.6) is 0 Å². The molecule has 0 aromatic heterocycles. The van der Waals surface area contributed by atoms with E-state index in [1.165, 1.54) is 0 Å². The van der Waals surface area contributed by atoms with Gasteiger partial charge < -0.3 is 16.5 Å². The average molecular weight is 316 g/mol. The van der Waals surface area contributed by atoms with Gasteiger partial charge in [-0.2, -0.15) is 0 Å². The molecule has 21 heavy (non-hydrogen) atoms. The van der Waals surface area contributed by atoms with Crippen molar-refractivity contribution in [2.75, 3.05) is 0 Å². The molecule has 0 atom stereocenters. The number of aliphatic carboxylic acids is 1. The molecular formula is C12H17AlO8. The summed E-state index contributed by atoms with van der Waals surface area (Å²) >= 11 is -3.14. The second-order valence-electron chi connectivity index (χ2n) is 4.57. The standard InChI is InChI=1S/2C6H10O4.Al/c2*7-5(8)3-1-2-4-6(9)10;/h2*1-4H2,(H,7,8)(H,9,10);/q;;+3/p-3. The van der Waals surface area contributed by atoms with E-state index in [1.807, 2.05) is 0 Å². The predicted molar refractivity (Wildman–Crippen MR) is 68.6 cm³/mol. The lowest BCUT2D eigenvalue weighted by Crippen LogP contribution is -2.34. The first-order valence-corrected chi connectivity index (χ1v) is 8.19. The van der Waals surface area contributed by atoms with Crippen molar-refractivity contribution >= 4 is 39.0 Å². The molecule has 1 aliphatic heterocycles. The van der Waals surface area contributed by atoms with Gasteiger partial charge in [0.1, 0.15) is 0 Å². The maximum absolute atomic E-state index is 11.5. The highest BCUT2D eigenvalue weighted by Gasteiger charge is 2.49. The van der Waals surface area contributed by atoms with Gasteiger partial charge in [-0.15, -0.1) is 0 Å². The van der Waals surface area contributed by atoms with E-state index in [2.05, 4.69) is 0 Å². The predicted octanol–water partition coefficient (Wildman–Crippen LogP) is 0.820. The Morgan fingerprint density at radius 1 is 1.05 bits per heavy atom. The number of carboxylic acids is 1. The molecular weight excluding hydrogens is 299 g/mol. The van der Waals surface area contributed by atoms with Crippen LogP contribution in [0.1, 0.15) is 51.4 Å². The minimum Gasteiger partial charge on any atom is -0.551 e. The lowest BCUT2D eigenvalue weighted by atomic mass is 10.2. The van der Waals surface area contributed by atoms with Crippen molar-refractivity contribution in [3.8, 4) is 0 Å². The molecule has 1 heterocycles. The summed E-state index contributed by atoms with van der Waals surface area (Å²) in [5, 5.41) is 8.46. The number of unbranched alkanes of at least 4 members (excludes halogenated alkanes) is 1. The maximum atomic E-state index is 11.5. The van der Waals surface area contributed by atoms with Crippen molar-refractivity contribution < 1.29 is 35.7 Å². The molecule has 0 radical (unpaired) electrons. The van der Waals surface area contributed by atoms with Gasteiger partial charge in [-0.25, -0.2) is 0 Å². The average Bonchev–Trinajstić information content (AvgIpc) is 2.45. The van der Waals surface area contributed by atoms with Crippen molar-refractivity contribution in [3.05, 3.63) is 0 Å². The fourth-order valence-corrected chi connectivity index (χ4v) is 2.80. The van der Waals surface area contributed by atoms with Crippen LogP contribution in [-0.4, -0.2) is 44.1 Å². The Bertz CT molecular complexity index is 388. The number of carbonyl (C=O) groups excluding carboxylic acids is 3. The van der Waals surface area contributed by atoms with Crippen LogP contribution in [0.2, 0.25) is 0 Å². The molecule has 8 nitrogen and oxygen atoms in total. The Kier molecular flexibility index (Phi) is 7.79. The molecule has 1 rings (SSSR count). The third-order valence-electron chi connectivity index (χ3n) is 2.72. The van der Waals surface area contributed by atoms with Gasteiger partial charge in [0.15, 0.2) is 0 Å². The summed E-state index contributed by atoms with van der Waals surface area (Å²) in [6, 6.07) is 0. The minimum atomic E-state index is -3.14. The zero-order valence-corrected chi connectivity index (χ0v) is 12.7. The third-order valence-corrected chi connectivity index (χ3v) is 4.08. The summed E-state index contributed by atoms with van der Waals surface area (Å²) < 4.78 is 14.7. The van der Waals surface area contributed by atoms with Crippen LogP contribution in [0, 0.1) is 0 Å². The number of carbonyl (C=O) groups is 4. The highest BCUT2D eigenvalue weighted by molar-refractivity contribution is 6.44. The van der Waals surface area contributed by atoms with Crippen molar-refractivity contribution in [1.82, 2.24) is 0 Å². The third kappa shape index (κ3) is 8.32. The Balaban J connectivity index is 2.37. The minimum absolute atomic E-state index is 0.00805. The van der Waals surface area contributed by atoms with E-state index >= 15 is 0 Å². The zero-order valence-electron chi connectivity index (χ0n) is 11.5. The molecule has 1 fully saturated rings. The molecule has 1 N–H and O–H groups in total. The summed E-state index contributed by atoms with van der Waals surface area (Å²) in [4.78, 5) is 44.6. The summed E-state index contributed by atoms with van der Waals surface area (Å²) in [6.45, 7) is 0. The molecule has 0 aromatic carbocycles. The zero-order chi connectivity index (χ0) is 15.7. The summed E-state index contributed by atoms with van der Waals surface area (Å²) in [6.07, 6.45) is 2.03. The first kappa shape index (κ1) is 17.5. The molecule has 0 aromatic rings. The lowest BCUT2D eigenvalue weighted by Gasteiger charge is -2.11. The van der Waals surface area contributed by atoms with Crippen molar-refractivity contribution in [2.45, 2.75) is 51.4 Å². The maximum Gasteiger partial charge on any atom is 1.20 e. The van der Waals surface area contributed by atoms with Crippen LogP contribution in [-0.2, 0) is 30.5 Å². The Morgan fingerprint density at radius 2 is 1.57 bits per heavy atom. The fraction of sp³-hybridized carbons (Fsp3) is 0.667. The van der Waals surface area contributed by atoms with Crippen molar-refractivity contribution in [2.24, 2.45) is 0 Å². The number of hydrogen-bond donors (Lipinski definition) is 1. The summed E-state index contributed by atoms with van der Waals surface area (Å²) in [7, 11) is 0. The van der Waals surface area contributed by atoms with E-state index in [0.29, 0.717) is 25.7 Å². The Morgan fingerprint density at radius 3 is 2.10 bits per heavy atom. The molecule has 0 spiro atoms. The van der Waals surface area contributed by atoms with Gasteiger partial charge in [-0.1, -0.05) is 0 Å². The number of hydrogen-bond acceptors (Lipinski definition) is 7. The highest BCUT2D eigenvalue weighted by atomic mass is 27.3. The molecule has 1 saturated heterocycles. The van der Waals surface area contributed by atoms with E-state index in [9.17, 15) is 19.2 Å². The smallest absolute Gasteiger partial charge is 0.551 e. The molecule has 0 aliphatic carbocycles. The van der Waals surface area contributed by atoms with Gasteiger partial charge in [-0.05, 0) is 25.7 Å². The molecule has 9 heteroatoms. The van der Waals surface area contributed by atoms with Crippen molar-refractivity contribution in [1.29, 1.82) is 0 Å². The molecule has 116 valence electrons. The summed E-state index contributed by atoms with van der Waals surface area (Å²) in [5.41, 5.74) is 0. The normalized spacial score (nSPS) is 16.1. The van der Waals surface area contributed by atoms with Gasteiger partial charge in [0.05, 0.1) is 0 Å². The van der Waals surface area contributed by atoms with Crippen LogP contribution < -0.4 is 0 Å². The van der Waals surface area contributed by atoms with Gasteiger partial charge in [-0.3, -0.25) is 19.2 Å². The molecule has 0 bridgehead atoms. The molecule has 0 unspecified atom stereocenters. The highest BCUT2D eigenvalue weighted by Crippen LogP contribution is 2.10. The van der Waals surface area contributed by atoms with Crippen LogP contribution >= 0.6 is 0 Å². The Hall–Kier alpha value is -1.59. The second-order valence-corrected chi connectivity index (χ2v) is 5.85. The molecule has 0 saturated carbocycles. The SMILES string of the molecule is O=C(O)CCCCC(=O)[O][Al]1[O]C(=O)CCCCC(=O)[O]1. The lowest BCUT2D eigenvalue weighted by molar-refractivity contribution is -0.147. The van der Waals surface area contributed by atoms with E-state index < -0.39 is 39.0 Å². The van der Waals surface area contributed by atoms with Crippen LogP contribution in [0.25, 0.3) is 0 Å². The van der Waals surface area contributed by atoms with Crippen LogP contribution in [0.15, 0.2) is 0 Å². The second kappa shape index (κ2) is 9.37. The fourth-order valence-electron chi connectivity index (χ4n) is 1.66.